The number of fused-ring (bicyclic) bond motifs is 1. The molecule has 0 saturated heterocycles. The molecule has 30 heavy (non-hydrogen) atoms. The number of hydrogen-bond acceptors (Lipinski definition) is 5. The van der Waals surface area contributed by atoms with Gasteiger partial charge in [0.2, 0.25) is 11.5 Å². The Bertz CT molecular complexity index is 1050. The summed E-state index contributed by atoms with van der Waals surface area (Å²) in [5.41, 5.74) is 0.936. The first-order chi connectivity index (χ1) is 14.4. The molecule has 3 aromatic rings. The highest BCUT2D eigenvalue weighted by Gasteiger charge is 2.26. The van der Waals surface area contributed by atoms with Gasteiger partial charge in [-0.1, -0.05) is 35.3 Å². The predicted octanol–water partition coefficient (Wildman–Crippen LogP) is 6.45. The number of benzene rings is 3. The minimum absolute atomic E-state index is 0.254. The third-order valence-corrected chi connectivity index (χ3v) is 4.70. The molecule has 0 saturated carbocycles. The summed E-state index contributed by atoms with van der Waals surface area (Å²) in [6.45, 7) is 6.03. The molecule has 3 aromatic carbocycles. The van der Waals surface area contributed by atoms with Crippen molar-refractivity contribution in [3.8, 4) is 23.0 Å². The molecule has 0 aliphatic rings. The van der Waals surface area contributed by atoms with E-state index in [1.165, 1.54) is 6.92 Å². The largest absolute Gasteiger partial charge is 0.487 e. The van der Waals surface area contributed by atoms with Crippen molar-refractivity contribution in [2.24, 2.45) is 0 Å². The quantitative estimate of drug-likeness (QED) is 0.292. The molecule has 5 nitrogen and oxygen atoms in total. The molecule has 0 amide bonds. The van der Waals surface area contributed by atoms with Crippen LogP contribution in [0.5, 0.6) is 23.0 Å². The fourth-order valence-corrected chi connectivity index (χ4v) is 3.33. The highest BCUT2D eigenvalue weighted by Crippen LogP contribution is 2.52. The van der Waals surface area contributed by atoms with E-state index in [1.807, 2.05) is 26.0 Å². The Labute approximate surface area is 185 Å². The van der Waals surface area contributed by atoms with E-state index in [1.54, 1.807) is 30.3 Å². The predicted molar refractivity (Wildman–Crippen MR) is 118 cm³/mol. The summed E-state index contributed by atoms with van der Waals surface area (Å²) in [5.74, 6) is 0.936. The Hall–Kier alpha value is -2.63. The van der Waals surface area contributed by atoms with Gasteiger partial charge in [-0.05, 0) is 49.7 Å². The van der Waals surface area contributed by atoms with Crippen LogP contribution in [0.25, 0.3) is 10.8 Å². The Kier molecular flexibility index (Phi) is 7.29. The lowest BCUT2D eigenvalue weighted by Crippen LogP contribution is -2.08. The van der Waals surface area contributed by atoms with Crippen LogP contribution in [0.1, 0.15) is 26.3 Å². The summed E-state index contributed by atoms with van der Waals surface area (Å²) in [7, 11) is 0. The maximum Gasteiger partial charge on any atom is 0.308 e. The summed E-state index contributed by atoms with van der Waals surface area (Å²) in [4.78, 5) is 11.8. The lowest BCUT2D eigenvalue weighted by Gasteiger charge is -2.21. The van der Waals surface area contributed by atoms with Gasteiger partial charge in [0.1, 0.15) is 6.61 Å². The Morgan fingerprint density at radius 1 is 0.767 bits per heavy atom. The van der Waals surface area contributed by atoms with Gasteiger partial charge in [0.25, 0.3) is 0 Å². The molecule has 0 radical (unpaired) electrons. The van der Waals surface area contributed by atoms with E-state index in [-0.39, 0.29) is 12.4 Å². The van der Waals surface area contributed by atoms with Crippen LogP contribution < -0.4 is 18.9 Å². The zero-order chi connectivity index (χ0) is 21.7. The van der Waals surface area contributed by atoms with Crippen LogP contribution in [0.15, 0.2) is 42.5 Å². The smallest absolute Gasteiger partial charge is 0.308 e. The van der Waals surface area contributed by atoms with Crippen molar-refractivity contribution in [2.45, 2.75) is 27.4 Å². The van der Waals surface area contributed by atoms with E-state index < -0.39 is 5.97 Å². The van der Waals surface area contributed by atoms with Gasteiger partial charge in [-0.25, -0.2) is 0 Å². The lowest BCUT2D eigenvalue weighted by atomic mass is 10.1. The topological polar surface area (TPSA) is 54.0 Å². The molecule has 0 fully saturated rings. The molecule has 0 aliphatic carbocycles. The Balaban J connectivity index is 2.20. The van der Waals surface area contributed by atoms with Crippen molar-refractivity contribution in [3.05, 3.63) is 58.1 Å². The molecule has 0 N–H and O–H groups in total. The average Bonchev–Trinajstić information content (AvgIpc) is 2.71. The lowest BCUT2D eigenvalue weighted by molar-refractivity contribution is -0.131. The summed E-state index contributed by atoms with van der Waals surface area (Å²) in [6, 6.07) is 12.6. The highest BCUT2D eigenvalue weighted by molar-refractivity contribution is 6.31. The van der Waals surface area contributed by atoms with Crippen molar-refractivity contribution >= 4 is 39.9 Å². The fourth-order valence-electron chi connectivity index (χ4n) is 3.03. The number of hydrogen-bond donors (Lipinski definition) is 0. The first kappa shape index (κ1) is 22.1. The van der Waals surface area contributed by atoms with Crippen molar-refractivity contribution in [2.75, 3.05) is 13.2 Å². The molecule has 0 unspecified atom stereocenters. The van der Waals surface area contributed by atoms with E-state index in [4.69, 9.17) is 42.1 Å². The number of rotatable bonds is 8. The van der Waals surface area contributed by atoms with Gasteiger partial charge >= 0.3 is 5.97 Å². The minimum Gasteiger partial charge on any atom is -0.487 e. The normalized spacial score (nSPS) is 10.7. The third-order valence-electron chi connectivity index (χ3n) is 4.21. The number of carbonyl (C=O) groups is 1. The van der Waals surface area contributed by atoms with Gasteiger partial charge in [0.15, 0.2) is 11.5 Å². The first-order valence-corrected chi connectivity index (χ1v) is 10.3. The second-order valence-corrected chi connectivity index (χ2v) is 7.25. The molecule has 0 aromatic heterocycles. The van der Waals surface area contributed by atoms with E-state index in [2.05, 4.69) is 0 Å². The second-order valence-electron chi connectivity index (χ2n) is 6.38. The van der Waals surface area contributed by atoms with Crippen LogP contribution in [-0.4, -0.2) is 19.2 Å². The molecule has 0 spiro atoms. The standard InChI is InChI=1S/C23H22Cl2O5/c1-4-27-22-20(29-13-15-6-8-16(24)9-7-15)18-11-10-17(25)12-19(18)21(30-14(3)26)23(22)28-5-2/h6-12H,4-5,13H2,1-3H3. The van der Waals surface area contributed by atoms with Gasteiger partial charge in [-0.2, -0.15) is 0 Å². The molecule has 3 rings (SSSR count). The first-order valence-electron chi connectivity index (χ1n) is 9.55. The highest BCUT2D eigenvalue weighted by atomic mass is 35.5. The van der Waals surface area contributed by atoms with Crippen LogP contribution in [0.4, 0.5) is 0 Å². The molecule has 0 aliphatic heterocycles. The van der Waals surface area contributed by atoms with E-state index >= 15 is 0 Å². The van der Waals surface area contributed by atoms with Crippen molar-refractivity contribution < 1.29 is 23.7 Å². The summed E-state index contributed by atoms with van der Waals surface area (Å²) in [6.07, 6.45) is 0. The SMILES string of the molecule is CCOc1c(OCC)c(OC(C)=O)c2cc(Cl)ccc2c1OCc1ccc(Cl)cc1. The summed E-state index contributed by atoms with van der Waals surface area (Å²) >= 11 is 12.2. The van der Waals surface area contributed by atoms with Gasteiger partial charge in [0, 0.05) is 27.7 Å². The zero-order valence-corrected chi connectivity index (χ0v) is 18.5. The zero-order valence-electron chi connectivity index (χ0n) is 17.0. The van der Waals surface area contributed by atoms with Crippen LogP contribution in [0, 0.1) is 0 Å². The molecule has 158 valence electrons. The molecule has 0 atom stereocenters. The number of esters is 1. The molecule has 7 heteroatoms. The summed E-state index contributed by atoms with van der Waals surface area (Å²) in [5, 5.41) is 2.43. The van der Waals surface area contributed by atoms with Gasteiger partial charge in [0.05, 0.1) is 13.2 Å². The van der Waals surface area contributed by atoms with Crippen molar-refractivity contribution in [1.82, 2.24) is 0 Å². The van der Waals surface area contributed by atoms with Gasteiger partial charge in [-0.3, -0.25) is 4.79 Å². The van der Waals surface area contributed by atoms with Crippen LogP contribution in [0.2, 0.25) is 10.0 Å². The van der Waals surface area contributed by atoms with E-state index in [9.17, 15) is 4.79 Å². The van der Waals surface area contributed by atoms with E-state index in [0.29, 0.717) is 51.3 Å². The Morgan fingerprint density at radius 2 is 1.37 bits per heavy atom. The number of carbonyl (C=O) groups excluding carboxylic acids is 1. The molecule has 0 heterocycles. The molecular formula is C23H22Cl2O5. The summed E-state index contributed by atoms with van der Waals surface area (Å²) < 4.78 is 23.4. The average molecular weight is 449 g/mol. The van der Waals surface area contributed by atoms with Crippen molar-refractivity contribution in [1.29, 1.82) is 0 Å². The Morgan fingerprint density at radius 3 is 1.97 bits per heavy atom. The van der Waals surface area contributed by atoms with Crippen LogP contribution in [0.3, 0.4) is 0 Å². The minimum atomic E-state index is -0.477. The van der Waals surface area contributed by atoms with E-state index in [0.717, 1.165) is 5.56 Å². The molecular weight excluding hydrogens is 427 g/mol. The maximum atomic E-state index is 11.8. The maximum absolute atomic E-state index is 11.8. The van der Waals surface area contributed by atoms with Crippen LogP contribution >= 0.6 is 23.2 Å². The molecule has 0 bridgehead atoms. The monoisotopic (exact) mass is 448 g/mol. The van der Waals surface area contributed by atoms with Gasteiger partial charge < -0.3 is 18.9 Å². The number of ether oxygens (including phenoxy) is 4. The fraction of sp³-hybridized carbons (Fsp3) is 0.261. The van der Waals surface area contributed by atoms with Gasteiger partial charge in [-0.15, -0.1) is 0 Å². The third kappa shape index (κ3) is 4.91. The van der Waals surface area contributed by atoms with Crippen LogP contribution in [-0.2, 0) is 11.4 Å². The number of halogens is 2. The second kappa shape index (κ2) is 9.92. The van der Waals surface area contributed by atoms with Crippen molar-refractivity contribution in [3.63, 3.8) is 0 Å².